The van der Waals surface area contributed by atoms with Crippen LogP contribution in [-0.4, -0.2) is 97.2 Å². The van der Waals surface area contributed by atoms with Crippen LogP contribution in [0, 0.1) is 0 Å². The van der Waals surface area contributed by atoms with Gasteiger partial charge in [-0.2, -0.15) is 4.31 Å². The fourth-order valence-corrected chi connectivity index (χ4v) is 7.49. The summed E-state index contributed by atoms with van der Waals surface area (Å²) >= 11 is 12.3. The van der Waals surface area contributed by atoms with E-state index in [1.54, 1.807) is 39.0 Å². The van der Waals surface area contributed by atoms with Crippen molar-refractivity contribution in [3.05, 3.63) is 81.8 Å². The van der Waals surface area contributed by atoms with Gasteiger partial charge in [-0.25, -0.2) is 21.6 Å². The smallest absolute Gasteiger partial charge is 0.407 e. The molecule has 51 heavy (non-hydrogen) atoms. The predicted molar refractivity (Wildman–Crippen MR) is 198 cm³/mol. The third-order valence-electron chi connectivity index (χ3n) is 7.62. The van der Waals surface area contributed by atoms with Gasteiger partial charge in [0.25, 0.3) is 11.8 Å². The molecule has 0 aromatic heterocycles. The highest BCUT2D eigenvalue weighted by Crippen LogP contribution is 2.28. The SMILES string of the molecule is CN(c1ccc(C(=O)NCCNC(=O)OC(C)(C)C)cc1C(=O)Nc1ccc(S(=O)(=O)N2CCN(c3cc(Cl)cc(Cl)c3)CC2)cc1)S(C)(=O)=O. The first-order valence-corrected chi connectivity index (χ1v) is 19.7. The Morgan fingerprint density at radius 2 is 1.41 bits per heavy atom. The second kappa shape index (κ2) is 16.1. The molecule has 0 bridgehead atoms. The first-order valence-electron chi connectivity index (χ1n) is 15.7. The van der Waals surface area contributed by atoms with Crippen LogP contribution in [0.1, 0.15) is 41.5 Å². The van der Waals surface area contributed by atoms with E-state index in [0.29, 0.717) is 23.1 Å². The number of hydrogen-bond donors (Lipinski definition) is 3. The molecule has 0 spiro atoms. The lowest BCUT2D eigenvalue weighted by Gasteiger charge is -2.35. The van der Waals surface area contributed by atoms with Gasteiger partial charge < -0.3 is 25.6 Å². The van der Waals surface area contributed by atoms with Crippen LogP contribution in [0.5, 0.6) is 0 Å². The molecule has 276 valence electrons. The number of sulfonamides is 2. The van der Waals surface area contributed by atoms with Gasteiger partial charge in [-0.1, -0.05) is 23.2 Å². The van der Waals surface area contributed by atoms with E-state index in [2.05, 4.69) is 16.0 Å². The summed E-state index contributed by atoms with van der Waals surface area (Å²) in [6, 6.07) is 14.7. The van der Waals surface area contributed by atoms with E-state index in [1.165, 1.54) is 53.8 Å². The average molecular weight is 784 g/mol. The normalized spacial score (nSPS) is 14.1. The van der Waals surface area contributed by atoms with Gasteiger partial charge in [-0.15, -0.1) is 0 Å². The van der Waals surface area contributed by atoms with Gasteiger partial charge in [0.2, 0.25) is 20.0 Å². The summed E-state index contributed by atoms with van der Waals surface area (Å²) in [5, 5.41) is 8.77. The largest absolute Gasteiger partial charge is 0.444 e. The maximum Gasteiger partial charge on any atom is 0.407 e. The molecule has 0 atom stereocenters. The van der Waals surface area contributed by atoms with Gasteiger partial charge in [0.15, 0.2) is 0 Å². The Morgan fingerprint density at radius 3 is 1.98 bits per heavy atom. The lowest BCUT2D eigenvalue weighted by Crippen LogP contribution is -2.48. The number of hydrogen-bond acceptors (Lipinski definition) is 9. The van der Waals surface area contributed by atoms with Crippen LogP contribution in [0.3, 0.4) is 0 Å². The Kier molecular flexibility index (Phi) is 12.5. The highest BCUT2D eigenvalue weighted by atomic mass is 35.5. The number of alkyl carbamates (subject to hydrolysis) is 1. The van der Waals surface area contributed by atoms with Crippen LogP contribution in [-0.2, 0) is 24.8 Å². The van der Waals surface area contributed by atoms with E-state index in [1.807, 2.05) is 4.90 Å². The van der Waals surface area contributed by atoms with E-state index in [9.17, 15) is 31.2 Å². The minimum absolute atomic E-state index is 0.0107. The van der Waals surface area contributed by atoms with Crippen LogP contribution < -0.4 is 25.2 Å². The van der Waals surface area contributed by atoms with Crippen molar-refractivity contribution in [2.45, 2.75) is 31.3 Å². The van der Waals surface area contributed by atoms with Crippen molar-refractivity contribution in [2.24, 2.45) is 0 Å². The number of rotatable bonds is 11. The Balaban J connectivity index is 1.44. The highest BCUT2D eigenvalue weighted by Gasteiger charge is 2.29. The van der Waals surface area contributed by atoms with E-state index < -0.39 is 43.6 Å². The number of benzene rings is 3. The van der Waals surface area contributed by atoms with Crippen molar-refractivity contribution in [2.75, 3.05) is 67.1 Å². The molecule has 3 amide bonds. The minimum Gasteiger partial charge on any atom is -0.444 e. The molecule has 1 heterocycles. The maximum atomic E-state index is 13.5. The number of ether oxygens (including phenoxy) is 1. The van der Waals surface area contributed by atoms with Crippen LogP contribution in [0.15, 0.2) is 65.6 Å². The third-order valence-corrected chi connectivity index (χ3v) is 11.2. The number of carbonyl (C=O) groups excluding carboxylic acids is 3. The summed E-state index contributed by atoms with van der Waals surface area (Å²) in [7, 11) is -6.39. The number of carbonyl (C=O) groups is 3. The Hall–Kier alpha value is -4.09. The van der Waals surface area contributed by atoms with Crippen LogP contribution in [0.2, 0.25) is 10.0 Å². The van der Waals surface area contributed by atoms with Crippen LogP contribution in [0.4, 0.5) is 21.9 Å². The van der Waals surface area contributed by atoms with E-state index in [-0.39, 0.29) is 53.6 Å². The zero-order valence-electron chi connectivity index (χ0n) is 28.7. The van der Waals surface area contributed by atoms with Crippen LogP contribution in [0.25, 0.3) is 0 Å². The molecule has 0 aliphatic carbocycles. The molecule has 1 aliphatic rings. The van der Waals surface area contributed by atoms with Crippen molar-refractivity contribution in [3.63, 3.8) is 0 Å². The molecule has 0 unspecified atom stereocenters. The topological polar surface area (TPSA) is 175 Å². The second-order valence-corrected chi connectivity index (χ2v) is 17.5. The fourth-order valence-electron chi connectivity index (χ4n) is 5.04. The molecular formula is C33H40Cl2N6O8S2. The molecule has 18 heteroatoms. The summed E-state index contributed by atoms with van der Waals surface area (Å²) in [5.74, 6) is -1.31. The first kappa shape index (κ1) is 39.7. The number of anilines is 3. The van der Waals surface area contributed by atoms with Crippen molar-refractivity contribution >= 4 is 78.2 Å². The summed E-state index contributed by atoms with van der Waals surface area (Å²) in [6.07, 6.45) is 0.326. The van der Waals surface area contributed by atoms with Gasteiger partial charge in [0.05, 0.1) is 22.4 Å². The molecule has 0 saturated carbocycles. The number of nitrogens with zero attached hydrogens (tertiary/aromatic N) is 3. The lowest BCUT2D eigenvalue weighted by atomic mass is 10.1. The van der Waals surface area contributed by atoms with E-state index in [4.69, 9.17) is 27.9 Å². The van der Waals surface area contributed by atoms with Crippen LogP contribution >= 0.6 is 23.2 Å². The lowest BCUT2D eigenvalue weighted by molar-refractivity contribution is 0.0526. The van der Waals surface area contributed by atoms with E-state index in [0.717, 1.165) is 16.2 Å². The van der Waals surface area contributed by atoms with Gasteiger partial charge in [-0.3, -0.25) is 13.9 Å². The number of amides is 3. The molecule has 1 saturated heterocycles. The van der Waals surface area contributed by atoms with Crippen molar-refractivity contribution in [1.29, 1.82) is 0 Å². The Labute approximate surface area is 308 Å². The number of halogens is 2. The minimum atomic E-state index is -3.86. The Morgan fingerprint density at radius 1 is 0.824 bits per heavy atom. The molecule has 1 aliphatic heterocycles. The van der Waals surface area contributed by atoms with Gasteiger partial charge in [0, 0.05) is 73.3 Å². The fraction of sp³-hybridized carbons (Fsp3) is 0.364. The number of piperazine rings is 1. The van der Waals surface area contributed by atoms with E-state index >= 15 is 0 Å². The molecule has 0 radical (unpaired) electrons. The zero-order valence-corrected chi connectivity index (χ0v) is 31.8. The molecule has 3 aromatic carbocycles. The van der Waals surface area contributed by atoms with Crippen molar-refractivity contribution in [3.8, 4) is 0 Å². The van der Waals surface area contributed by atoms with Gasteiger partial charge in [0.1, 0.15) is 5.60 Å². The van der Waals surface area contributed by atoms with Crippen molar-refractivity contribution in [1.82, 2.24) is 14.9 Å². The zero-order chi connectivity index (χ0) is 37.7. The standard InChI is InChI=1S/C33H40Cl2N6O8S2/c1-33(2,3)49-32(44)37-13-12-36-30(42)22-6-11-29(39(4)50(5,45)46)28(18-22)31(43)38-25-7-9-27(10-8-25)51(47,48)41-16-14-40(15-17-41)26-20-23(34)19-24(35)21-26/h6-11,18-21H,12-17H2,1-5H3,(H,36,42)(H,37,44)(H,38,43). The molecule has 3 N–H and O–H groups in total. The Bertz CT molecular complexity index is 1980. The maximum absolute atomic E-state index is 13.5. The second-order valence-electron chi connectivity index (χ2n) is 12.6. The summed E-state index contributed by atoms with van der Waals surface area (Å²) in [6.45, 7) is 6.59. The average Bonchev–Trinajstić information content (AvgIpc) is 3.04. The van der Waals surface area contributed by atoms with Gasteiger partial charge in [-0.05, 0) is 81.4 Å². The summed E-state index contributed by atoms with van der Waals surface area (Å²) < 4.78 is 59.1. The predicted octanol–water partition coefficient (Wildman–Crippen LogP) is 4.41. The summed E-state index contributed by atoms with van der Waals surface area (Å²) in [4.78, 5) is 40.3. The third kappa shape index (κ3) is 10.7. The van der Waals surface area contributed by atoms with Gasteiger partial charge >= 0.3 is 6.09 Å². The monoisotopic (exact) mass is 782 g/mol. The molecular weight excluding hydrogens is 743 g/mol. The molecule has 14 nitrogen and oxygen atoms in total. The highest BCUT2D eigenvalue weighted by molar-refractivity contribution is 7.92. The first-order chi connectivity index (χ1) is 23.7. The molecule has 4 rings (SSSR count). The summed E-state index contributed by atoms with van der Waals surface area (Å²) in [5.41, 5.74) is 0.292. The quantitative estimate of drug-likeness (QED) is 0.238. The molecule has 1 fully saturated rings. The van der Waals surface area contributed by atoms with Crippen molar-refractivity contribution < 1.29 is 36.0 Å². The molecule has 3 aromatic rings. The number of nitrogens with one attached hydrogen (secondary N) is 3.